The Morgan fingerprint density at radius 1 is 1.28 bits per heavy atom. The lowest BCUT2D eigenvalue weighted by molar-refractivity contribution is 0.0687. The van der Waals surface area contributed by atoms with Gasteiger partial charge in [-0.3, -0.25) is 9.47 Å². The minimum atomic E-state index is -3.46. The van der Waals surface area contributed by atoms with Crippen molar-refractivity contribution in [3.63, 3.8) is 0 Å². The Balaban J connectivity index is 1.54. The second kappa shape index (κ2) is 9.47. The van der Waals surface area contributed by atoms with E-state index in [2.05, 4.69) is 9.88 Å². The maximum atomic E-state index is 14.9. The van der Waals surface area contributed by atoms with Gasteiger partial charge in [-0.2, -0.15) is 0 Å². The summed E-state index contributed by atoms with van der Waals surface area (Å²) in [6.07, 6.45) is 2.66. The van der Waals surface area contributed by atoms with Crippen LogP contribution in [-0.2, 0) is 22.1 Å². The highest BCUT2D eigenvalue weighted by Crippen LogP contribution is 2.37. The number of para-hydroxylation sites is 1. The van der Waals surface area contributed by atoms with E-state index in [4.69, 9.17) is 10.2 Å². The number of benzene rings is 2. The molecule has 0 saturated carbocycles. The number of hydrogen-bond donors (Lipinski definition) is 3. The Kier molecular flexibility index (Phi) is 6.52. The second-order valence-corrected chi connectivity index (χ2v) is 12.8. The maximum Gasteiger partial charge on any atom is 0.419 e. The van der Waals surface area contributed by atoms with Gasteiger partial charge in [-0.05, 0) is 31.0 Å². The summed E-state index contributed by atoms with van der Waals surface area (Å²) in [6, 6.07) is 8.70. The molecule has 206 valence electrons. The Bertz CT molecular complexity index is 1760. The largest absolute Gasteiger partial charge is 0.477 e. The first kappa shape index (κ1) is 26.9. The molecule has 2 aromatic carbocycles. The Hall–Kier alpha value is -3.74. The number of oxazole rings is 1. The SMILES string of the molecule is CC(c1cccc2c(-c3ccc(CS(C)(=O)=O)c(F)c3)c(C(=O)O)[nH]c12)n1cc(CN2CC(C)(N)C2)oc1=O. The summed E-state index contributed by atoms with van der Waals surface area (Å²) in [4.78, 5) is 30.0. The number of nitrogens with zero attached hydrogens (tertiary/aromatic N) is 2. The van der Waals surface area contributed by atoms with Crippen LogP contribution < -0.4 is 11.5 Å². The molecule has 12 heteroatoms. The molecule has 1 fully saturated rings. The summed E-state index contributed by atoms with van der Waals surface area (Å²) in [7, 11) is -3.46. The van der Waals surface area contributed by atoms with E-state index in [0.29, 0.717) is 41.9 Å². The van der Waals surface area contributed by atoms with Crippen LogP contribution in [0.2, 0.25) is 0 Å². The van der Waals surface area contributed by atoms with Crippen LogP contribution in [0.4, 0.5) is 4.39 Å². The number of likely N-dealkylation sites (tertiary alicyclic amines) is 1. The highest BCUT2D eigenvalue weighted by Gasteiger charge is 2.35. The van der Waals surface area contributed by atoms with Gasteiger partial charge in [0.15, 0.2) is 9.84 Å². The van der Waals surface area contributed by atoms with Crippen molar-refractivity contribution in [1.82, 2.24) is 14.5 Å². The van der Waals surface area contributed by atoms with E-state index in [1.807, 2.05) is 6.92 Å². The highest BCUT2D eigenvalue weighted by molar-refractivity contribution is 7.89. The number of halogens is 1. The van der Waals surface area contributed by atoms with Crippen LogP contribution in [0.3, 0.4) is 0 Å². The molecule has 1 aliphatic heterocycles. The predicted molar refractivity (Wildman–Crippen MR) is 144 cm³/mol. The average Bonchev–Trinajstić information content (AvgIpc) is 3.38. The molecule has 1 unspecified atom stereocenters. The number of nitrogens with two attached hydrogens (primary N) is 1. The number of nitrogens with one attached hydrogen (secondary N) is 1. The number of aromatic carboxylic acids is 1. The van der Waals surface area contributed by atoms with Gasteiger partial charge in [-0.15, -0.1) is 0 Å². The van der Waals surface area contributed by atoms with Crippen molar-refractivity contribution < 1.29 is 27.1 Å². The van der Waals surface area contributed by atoms with E-state index < -0.39 is 39.2 Å². The number of rotatable bonds is 8. The summed E-state index contributed by atoms with van der Waals surface area (Å²) in [5.74, 6) is -2.50. The summed E-state index contributed by atoms with van der Waals surface area (Å²) in [6.45, 7) is 5.59. The lowest BCUT2D eigenvalue weighted by Crippen LogP contribution is -2.64. The molecule has 3 heterocycles. The maximum absolute atomic E-state index is 14.9. The van der Waals surface area contributed by atoms with Gasteiger partial charge in [-0.1, -0.05) is 30.3 Å². The van der Waals surface area contributed by atoms with Crippen molar-refractivity contribution in [2.75, 3.05) is 19.3 Å². The van der Waals surface area contributed by atoms with Crippen molar-refractivity contribution >= 4 is 26.7 Å². The number of carbonyl (C=O) groups is 1. The van der Waals surface area contributed by atoms with Gasteiger partial charge in [0.2, 0.25) is 0 Å². The molecule has 0 bridgehead atoms. The van der Waals surface area contributed by atoms with Gasteiger partial charge < -0.3 is 20.2 Å². The zero-order valence-corrected chi connectivity index (χ0v) is 22.5. The fraction of sp³-hybridized carbons (Fsp3) is 0.333. The smallest absolute Gasteiger partial charge is 0.419 e. The molecular formula is C27H29FN4O6S. The molecule has 0 aliphatic carbocycles. The van der Waals surface area contributed by atoms with Crippen LogP contribution in [0.1, 0.15) is 47.3 Å². The van der Waals surface area contributed by atoms with Gasteiger partial charge >= 0.3 is 11.7 Å². The zero-order chi connectivity index (χ0) is 28.3. The predicted octanol–water partition coefficient (Wildman–Crippen LogP) is 3.11. The van der Waals surface area contributed by atoms with Crippen molar-refractivity contribution in [2.24, 2.45) is 5.73 Å². The monoisotopic (exact) mass is 556 g/mol. The quantitative estimate of drug-likeness (QED) is 0.299. The fourth-order valence-corrected chi connectivity index (χ4v) is 6.15. The molecule has 39 heavy (non-hydrogen) atoms. The minimum Gasteiger partial charge on any atom is -0.477 e. The topological polar surface area (TPSA) is 152 Å². The van der Waals surface area contributed by atoms with Crippen LogP contribution >= 0.6 is 0 Å². The number of carboxylic acids is 1. The molecule has 1 aliphatic rings. The summed E-state index contributed by atoms with van der Waals surface area (Å²) >= 11 is 0. The number of fused-ring (bicyclic) bond motifs is 1. The number of aromatic nitrogens is 2. The first-order valence-electron chi connectivity index (χ1n) is 12.3. The molecule has 1 saturated heterocycles. The van der Waals surface area contributed by atoms with Crippen molar-refractivity contribution in [1.29, 1.82) is 0 Å². The first-order valence-corrected chi connectivity index (χ1v) is 14.3. The molecule has 0 amide bonds. The molecule has 4 N–H and O–H groups in total. The fourth-order valence-electron chi connectivity index (χ4n) is 5.35. The minimum absolute atomic E-state index is 0.00303. The normalized spacial score (nSPS) is 16.3. The summed E-state index contributed by atoms with van der Waals surface area (Å²) in [5.41, 5.74) is 7.32. The van der Waals surface area contributed by atoms with Gasteiger partial charge in [0.05, 0.1) is 30.1 Å². The van der Waals surface area contributed by atoms with E-state index in [1.54, 1.807) is 31.3 Å². The van der Waals surface area contributed by atoms with Gasteiger partial charge in [0, 0.05) is 41.4 Å². The highest BCUT2D eigenvalue weighted by atomic mass is 32.2. The summed E-state index contributed by atoms with van der Waals surface area (Å²) < 4.78 is 45.1. The summed E-state index contributed by atoms with van der Waals surface area (Å²) in [5, 5.41) is 10.5. The Labute approximate surface area is 223 Å². The third-order valence-electron chi connectivity index (χ3n) is 6.97. The molecular weight excluding hydrogens is 527 g/mol. The number of aromatic amines is 1. The molecule has 2 aromatic heterocycles. The van der Waals surface area contributed by atoms with E-state index in [1.165, 1.54) is 16.7 Å². The van der Waals surface area contributed by atoms with Gasteiger partial charge in [0.25, 0.3) is 0 Å². The molecule has 1 atom stereocenters. The van der Waals surface area contributed by atoms with Crippen molar-refractivity contribution in [2.45, 2.75) is 37.7 Å². The number of sulfone groups is 1. The Morgan fingerprint density at radius 3 is 2.62 bits per heavy atom. The number of H-pyrrole nitrogens is 1. The van der Waals surface area contributed by atoms with Crippen molar-refractivity contribution in [3.05, 3.63) is 81.5 Å². The standard InChI is InChI=1S/C27H29FN4O6S/c1-15(32-11-18(38-26(32)35)10-31-13-27(2,29)14-31)19-5-4-6-20-22(24(25(33)34)30-23(19)20)16-7-8-17(21(28)9-16)12-39(3,36)37/h4-9,11,15,30H,10,12-14,29H2,1-3H3,(H,33,34). The average molecular weight is 557 g/mol. The van der Waals surface area contributed by atoms with Crippen molar-refractivity contribution in [3.8, 4) is 11.1 Å². The third-order valence-corrected chi connectivity index (χ3v) is 7.80. The number of carboxylic acid groups (broad SMARTS) is 1. The van der Waals surface area contributed by atoms with E-state index in [0.717, 1.165) is 12.3 Å². The third kappa shape index (κ3) is 5.27. The molecule has 4 aromatic rings. The van der Waals surface area contributed by atoms with E-state index in [-0.39, 0.29) is 27.9 Å². The van der Waals surface area contributed by atoms with Crippen LogP contribution in [-0.4, -0.2) is 58.8 Å². The first-order chi connectivity index (χ1) is 18.2. The molecule has 0 radical (unpaired) electrons. The molecule has 10 nitrogen and oxygen atoms in total. The Morgan fingerprint density at radius 2 is 2.00 bits per heavy atom. The second-order valence-electron chi connectivity index (χ2n) is 10.7. The zero-order valence-electron chi connectivity index (χ0n) is 21.7. The lowest BCUT2D eigenvalue weighted by Gasteiger charge is -2.44. The lowest BCUT2D eigenvalue weighted by atomic mass is 9.94. The number of hydrogen-bond acceptors (Lipinski definition) is 7. The van der Waals surface area contributed by atoms with Gasteiger partial charge in [-0.25, -0.2) is 22.4 Å². The van der Waals surface area contributed by atoms with Gasteiger partial charge in [0.1, 0.15) is 17.3 Å². The molecule has 0 spiro atoms. The van der Waals surface area contributed by atoms with Crippen LogP contribution in [0.5, 0.6) is 0 Å². The van der Waals surface area contributed by atoms with Crippen LogP contribution in [0.25, 0.3) is 22.0 Å². The van der Waals surface area contributed by atoms with Crippen LogP contribution in [0, 0.1) is 5.82 Å². The van der Waals surface area contributed by atoms with E-state index >= 15 is 0 Å². The van der Waals surface area contributed by atoms with Crippen LogP contribution in [0.15, 0.2) is 51.8 Å². The van der Waals surface area contributed by atoms with E-state index in [9.17, 15) is 27.5 Å². The molecule has 5 rings (SSSR count).